The number of rotatable bonds is 37. The fourth-order valence-corrected chi connectivity index (χ4v) is 12.2. The molecule has 10 N–H and O–H groups in total. The average Bonchev–Trinajstić information content (AvgIpc) is 0.884. The molecule has 0 bridgehead atoms. The van der Waals surface area contributed by atoms with E-state index in [1.807, 2.05) is 38.1 Å². The third kappa shape index (κ3) is 21.0. The highest BCUT2D eigenvalue weighted by atomic mass is 16.5. The molecule has 0 saturated carbocycles. The minimum atomic E-state index is -1.61. The van der Waals surface area contributed by atoms with Crippen LogP contribution in [0, 0.1) is 23.7 Å². The Morgan fingerprint density at radius 1 is 0.787 bits per heavy atom. The smallest absolute Gasteiger partial charge is 0.408 e. The van der Waals surface area contributed by atoms with E-state index < -0.39 is 119 Å². The number of primary amides is 1. The molecule has 0 radical (unpaired) electrons. The van der Waals surface area contributed by atoms with Gasteiger partial charge in [0, 0.05) is 71.1 Å². The van der Waals surface area contributed by atoms with E-state index in [1.54, 1.807) is 70.8 Å². The van der Waals surface area contributed by atoms with Crippen molar-refractivity contribution in [2.24, 2.45) is 29.4 Å². The summed E-state index contributed by atoms with van der Waals surface area (Å²) < 4.78 is 17.5. The number of carbonyl (C=O) groups is 12. The third-order valence-corrected chi connectivity index (χ3v) is 18.0. The number of urea groups is 1. The summed E-state index contributed by atoms with van der Waals surface area (Å²) in [6.07, 6.45) is 3.92. The SMILES string of the molecule is CC[C@H](C)[C@@H]([C@@H](CC(=O)N1CCC[C@H]1[C@H](OC)[C@@H](C)C(=O)N[C@H](C(=O)O)[C@H]1Cc2ccccc21)OC)N(C)C(=O)[C@@H](NC(=O)C(C)(C)NC(=O)OCc1ccc(NC(=O)[C@H](CCCNC(N)=O)NC(=O)[C@@H](NC(=O)CCCCCN2C(=O)C=CC2=O)C(C)C)cc1)C(C)C. The zero-order chi connectivity index (χ0) is 69.7. The van der Waals surface area contributed by atoms with Crippen LogP contribution in [0.15, 0.2) is 60.7 Å². The molecule has 3 aliphatic rings. The van der Waals surface area contributed by atoms with Gasteiger partial charge in [-0.1, -0.05) is 97.7 Å². The van der Waals surface area contributed by atoms with Crippen molar-refractivity contribution in [3.8, 4) is 0 Å². The fraction of sp³-hybridized carbons (Fsp3) is 0.612. The first kappa shape index (κ1) is 76.3. The first-order chi connectivity index (χ1) is 44.4. The lowest BCUT2D eigenvalue weighted by Crippen LogP contribution is -2.62. The van der Waals surface area contributed by atoms with Gasteiger partial charge in [0.15, 0.2) is 0 Å². The number of imide groups is 1. The van der Waals surface area contributed by atoms with E-state index in [0.717, 1.165) is 16.0 Å². The van der Waals surface area contributed by atoms with Crippen LogP contribution in [0.3, 0.4) is 0 Å². The van der Waals surface area contributed by atoms with Gasteiger partial charge < -0.3 is 72.1 Å². The summed E-state index contributed by atoms with van der Waals surface area (Å²) in [5.74, 6) is -7.69. The number of aliphatic carboxylic acids is 1. The highest BCUT2D eigenvalue weighted by Crippen LogP contribution is 2.38. The number of hydrogen-bond acceptors (Lipinski definition) is 15. The minimum Gasteiger partial charge on any atom is -0.480 e. The van der Waals surface area contributed by atoms with Gasteiger partial charge in [-0.25, -0.2) is 14.4 Å². The van der Waals surface area contributed by atoms with Gasteiger partial charge in [0.05, 0.1) is 36.6 Å². The van der Waals surface area contributed by atoms with Crippen LogP contribution in [0.4, 0.5) is 15.3 Å². The number of alkyl carbamates (subject to hydrolysis) is 1. The molecule has 11 atom stereocenters. The lowest BCUT2D eigenvalue weighted by Gasteiger charge is -2.41. The summed E-state index contributed by atoms with van der Waals surface area (Å²) in [6.45, 7) is 15.9. The summed E-state index contributed by atoms with van der Waals surface area (Å²) in [6, 6.07) is 7.50. The second kappa shape index (κ2) is 35.7. The predicted molar refractivity (Wildman–Crippen MR) is 348 cm³/mol. The number of nitrogens with one attached hydrogen (secondary N) is 7. The Hall–Kier alpha value is -8.46. The van der Waals surface area contributed by atoms with Gasteiger partial charge in [-0.2, -0.15) is 0 Å². The maximum absolute atomic E-state index is 14.7. The highest BCUT2D eigenvalue weighted by Gasteiger charge is 2.46. The number of anilines is 1. The molecule has 1 saturated heterocycles. The van der Waals surface area contributed by atoms with Crippen molar-refractivity contribution in [3.05, 3.63) is 77.4 Å². The number of likely N-dealkylation sites (tertiary alicyclic amines) is 1. The number of unbranched alkanes of at least 4 members (excludes halogenated alkanes) is 2. The lowest BCUT2D eigenvalue weighted by molar-refractivity contribution is -0.148. The first-order valence-electron chi connectivity index (χ1n) is 32.5. The maximum atomic E-state index is 14.7. The molecule has 0 spiro atoms. The number of ether oxygens (including phenoxy) is 3. The Morgan fingerprint density at radius 2 is 1.45 bits per heavy atom. The number of likely N-dealkylation sites (N-methyl/N-ethyl adjacent to an activating group) is 1. The van der Waals surface area contributed by atoms with Gasteiger partial charge in [-0.15, -0.1) is 0 Å². The molecule has 2 aromatic carbocycles. The van der Waals surface area contributed by atoms with Gasteiger partial charge in [-0.05, 0) is 105 Å². The van der Waals surface area contributed by atoms with E-state index in [4.69, 9.17) is 19.9 Å². The summed E-state index contributed by atoms with van der Waals surface area (Å²) in [7, 11) is 4.53. The van der Waals surface area contributed by atoms with Crippen LogP contribution < -0.4 is 43.0 Å². The molecule has 1 aliphatic carbocycles. The number of hydrogen-bond donors (Lipinski definition) is 9. The molecular formula is C67H99N11O16. The Balaban J connectivity index is 1.14. The molecule has 2 heterocycles. The van der Waals surface area contributed by atoms with Crippen LogP contribution in [0.1, 0.15) is 149 Å². The van der Waals surface area contributed by atoms with E-state index in [9.17, 15) is 62.6 Å². The number of methoxy groups -OCH3 is 2. The summed E-state index contributed by atoms with van der Waals surface area (Å²) in [5.41, 5.74) is 6.36. The molecule has 1 fully saturated rings. The topological polar surface area (TPSA) is 373 Å². The lowest BCUT2D eigenvalue weighted by atomic mass is 9.73. The summed E-state index contributed by atoms with van der Waals surface area (Å²) in [5, 5.41) is 29.1. The van der Waals surface area contributed by atoms with E-state index >= 15 is 0 Å². The van der Waals surface area contributed by atoms with E-state index in [0.29, 0.717) is 62.7 Å². The standard InChI is InChI=1S/C67H99N11O16/c1-13-40(6)57(49(92-11)36-53(82)77-34-20-24-48(77)58(93-12)41(7)59(83)73-56(63(87)88)46-35-43-21-16-17-22-45(43)46)76(10)62(86)55(39(4)5)74-64(89)67(8,9)75-66(91)94-37-42-26-28-44(29-27-42)70-60(84)47(23-19-32-69-65(68)90)71-61(85)54(38(2)3)72-50(79)25-15-14-18-33-78-51(80)30-31-52(78)81/h16-17,21-22,26-31,38-41,46-49,54-58H,13-15,18-20,23-25,32-37H2,1-12H3,(H,70,84)(H,71,85)(H,72,79)(H,73,83)(H,74,89)(H,75,91)(H,87,88)(H3,68,69,90)/t40-,41+,46-,47-,48-,49+,54-,55-,56-,57-,58+/m0/s1. The van der Waals surface area contributed by atoms with Gasteiger partial charge in [0.25, 0.3) is 11.8 Å². The summed E-state index contributed by atoms with van der Waals surface area (Å²) in [4.78, 5) is 163. The second-order valence-electron chi connectivity index (χ2n) is 25.9. The highest BCUT2D eigenvalue weighted by molar-refractivity contribution is 6.12. The maximum Gasteiger partial charge on any atom is 0.408 e. The molecule has 5 rings (SSSR count). The summed E-state index contributed by atoms with van der Waals surface area (Å²) >= 11 is 0. The van der Waals surface area contributed by atoms with Gasteiger partial charge in [0.2, 0.25) is 41.4 Å². The largest absolute Gasteiger partial charge is 0.480 e. The van der Waals surface area contributed by atoms with Crippen molar-refractivity contribution < 1.29 is 76.9 Å². The van der Waals surface area contributed by atoms with E-state index in [1.165, 1.54) is 45.1 Å². The number of amides is 12. The average molecular weight is 1310 g/mol. The van der Waals surface area contributed by atoms with Crippen molar-refractivity contribution in [1.82, 2.24) is 46.6 Å². The van der Waals surface area contributed by atoms with Crippen LogP contribution in [0.2, 0.25) is 0 Å². The van der Waals surface area contributed by atoms with Gasteiger partial charge in [-0.3, -0.25) is 48.1 Å². The number of carboxylic acids is 1. The number of carboxylic acid groups (broad SMARTS) is 1. The molecule has 0 aromatic heterocycles. The Labute approximate surface area is 550 Å². The molecule has 2 aromatic rings. The van der Waals surface area contributed by atoms with Gasteiger partial charge in [0.1, 0.15) is 36.3 Å². The third-order valence-electron chi connectivity index (χ3n) is 18.0. The number of nitrogens with two attached hydrogens (primary N) is 1. The first-order valence-corrected chi connectivity index (χ1v) is 32.5. The van der Waals surface area contributed by atoms with Crippen LogP contribution in [0.5, 0.6) is 0 Å². The number of fused-ring (bicyclic) bond motifs is 1. The molecule has 518 valence electrons. The molecule has 27 heteroatoms. The number of nitrogens with zero attached hydrogens (tertiary/aromatic N) is 3. The quantitative estimate of drug-likeness (QED) is 0.0339. The van der Waals surface area contributed by atoms with E-state index in [2.05, 4.69) is 37.2 Å². The van der Waals surface area contributed by atoms with Crippen molar-refractivity contribution in [2.45, 2.75) is 199 Å². The number of benzene rings is 2. The van der Waals surface area contributed by atoms with Crippen molar-refractivity contribution in [3.63, 3.8) is 0 Å². The zero-order valence-electron chi connectivity index (χ0n) is 56.4. The van der Waals surface area contributed by atoms with Crippen LogP contribution >= 0.6 is 0 Å². The van der Waals surface area contributed by atoms with Crippen LogP contribution in [-0.4, -0.2) is 186 Å². The monoisotopic (exact) mass is 1310 g/mol. The molecule has 94 heavy (non-hydrogen) atoms. The number of carbonyl (C=O) groups excluding carboxylic acids is 11. The molecule has 27 nitrogen and oxygen atoms in total. The second-order valence-corrected chi connectivity index (χ2v) is 25.9. The fourth-order valence-electron chi connectivity index (χ4n) is 12.2. The normalized spacial score (nSPS) is 18.0. The van der Waals surface area contributed by atoms with Crippen LogP contribution in [-0.2, 0) is 75.2 Å². The molecule has 12 amide bonds. The minimum absolute atomic E-state index is 0.0775. The van der Waals surface area contributed by atoms with E-state index in [-0.39, 0.29) is 80.9 Å². The molecular weight excluding hydrogens is 1210 g/mol. The molecule has 2 aliphatic heterocycles. The van der Waals surface area contributed by atoms with Crippen molar-refractivity contribution >= 4 is 76.9 Å². The molecule has 0 unspecified atom stereocenters. The predicted octanol–water partition coefficient (Wildman–Crippen LogP) is 4.16. The van der Waals surface area contributed by atoms with Crippen molar-refractivity contribution in [2.75, 3.05) is 46.2 Å². The van der Waals surface area contributed by atoms with Gasteiger partial charge >= 0.3 is 18.1 Å². The Bertz CT molecular complexity index is 3030. The zero-order valence-corrected chi connectivity index (χ0v) is 56.4. The Morgan fingerprint density at radius 3 is 2.04 bits per heavy atom. The van der Waals surface area contributed by atoms with Crippen molar-refractivity contribution in [1.29, 1.82) is 0 Å². The van der Waals surface area contributed by atoms with Crippen LogP contribution in [0.25, 0.3) is 0 Å². The Kier molecular flexibility index (Phi) is 29.0.